The SMILES string of the molecule is C[C@@H]1CC1/C=N\O. The van der Waals surface area contributed by atoms with Crippen molar-refractivity contribution >= 4 is 6.21 Å². The molecule has 2 heteroatoms. The van der Waals surface area contributed by atoms with Gasteiger partial charge in [0.25, 0.3) is 0 Å². The first kappa shape index (κ1) is 4.62. The Labute approximate surface area is 42.8 Å². The summed E-state index contributed by atoms with van der Waals surface area (Å²) in [6.45, 7) is 2.15. The minimum absolute atomic E-state index is 0.574. The number of hydrogen-bond donors (Lipinski definition) is 1. The molecule has 1 aliphatic rings. The molecule has 0 radical (unpaired) electrons. The molecule has 1 saturated carbocycles. The largest absolute Gasteiger partial charge is 0.411 e. The summed E-state index contributed by atoms with van der Waals surface area (Å²) in [4.78, 5) is 0. The van der Waals surface area contributed by atoms with E-state index in [2.05, 4.69) is 12.1 Å². The van der Waals surface area contributed by atoms with Crippen LogP contribution in [0.3, 0.4) is 0 Å². The van der Waals surface area contributed by atoms with Gasteiger partial charge in [-0.05, 0) is 12.3 Å². The maximum Gasteiger partial charge on any atom is 0.0469 e. The third kappa shape index (κ3) is 0.918. The van der Waals surface area contributed by atoms with Gasteiger partial charge in [-0.3, -0.25) is 0 Å². The molecule has 0 aromatic carbocycles. The zero-order valence-corrected chi connectivity index (χ0v) is 4.33. The normalized spacial score (nSPS) is 39.6. The van der Waals surface area contributed by atoms with Crippen LogP contribution >= 0.6 is 0 Å². The zero-order valence-electron chi connectivity index (χ0n) is 4.33. The van der Waals surface area contributed by atoms with Crippen LogP contribution in [0.2, 0.25) is 0 Å². The Kier molecular flexibility index (Phi) is 1.01. The molecule has 40 valence electrons. The van der Waals surface area contributed by atoms with Crippen molar-refractivity contribution in [1.82, 2.24) is 0 Å². The quantitative estimate of drug-likeness (QED) is 0.298. The Morgan fingerprint density at radius 1 is 1.86 bits per heavy atom. The Hall–Kier alpha value is -0.530. The highest BCUT2D eigenvalue weighted by Gasteiger charge is 2.30. The van der Waals surface area contributed by atoms with Crippen LogP contribution < -0.4 is 0 Å². The van der Waals surface area contributed by atoms with Gasteiger partial charge in [-0.1, -0.05) is 6.92 Å². The van der Waals surface area contributed by atoms with Crippen molar-refractivity contribution in [2.75, 3.05) is 0 Å². The minimum Gasteiger partial charge on any atom is -0.411 e. The molecular formula is C5H9NO. The lowest BCUT2D eigenvalue weighted by Gasteiger charge is -1.74. The Bertz CT molecular complexity index is 90.1. The first-order valence-electron chi connectivity index (χ1n) is 2.52. The molecule has 0 heterocycles. The van der Waals surface area contributed by atoms with Crippen molar-refractivity contribution in [2.45, 2.75) is 13.3 Å². The van der Waals surface area contributed by atoms with E-state index in [9.17, 15) is 0 Å². The molecule has 0 aliphatic heterocycles. The van der Waals surface area contributed by atoms with Gasteiger partial charge in [0, 0.05) is 12.1 Å². The Morgan fingerprint density at radius 3 is 2.57 bits per heavy atom. The summed E-state index contributed by atoms with van der Waals surface area (Å²) in [5, 5.41) is 10.9. The van der Waals surface area contributed by atoms with Crippen molar-refractivity contribution in [1.29, 1.82) is 0 Å². The van der Waals surface area contributed by atoms with Gasteiger partial charge in [-0.25, -0.2) is 0 Å². The number of oxime groups is 1. The van der Waals surface area contributed by atoms with Gasteiger partial charge in [-0.15, -0.1) is 5.16 Å². The van der Waals surface area contributed by atoms with Gasteiger partial charge in [-0.2, -0.15) is 0 Å². The Morgan fingerprint density at radius 2 is 2.43 bits per heavy atom. The Balaban J connectivity index is 2.21. The molecule has 0 aromatic heterocycles. The molecule has 0 bridgehead atoms. The van der Waals surface area contributed by atoms with E-state index in [4.69, 9.17) is 5.21 Å². The number of rotatable bonds is 1. The molecular weight excluding hydrogens is 90.1 g/mol. The lowest BCUT2D eigenvalue weighted by Crippen LogP contribution is -1.76. The molecule has 1 unspecified atom stereocenters. The summed E-state index contributed by atoms with van der Waals surface area (Å²) in [5.74, 6) is 1.33. The smallest absolute Gasteiger partial charge is 0.0469 e. The fourth-order valence-corrected chi connectivity index (χ4v) is 0.644. The van der Waals surface area contributed by atoms with Crippen LogP contribution in [-0.4, -0.2) is 11.4 Å². The second-order valence-electron chi connectivity index (χ2n) is 2.14. The van der Waals surface area contributed by atoms with Gasteiger partial charge in [0.05, 0.1) is 0 Å². The van der Waals surface area contributed by atoms with Crippen LogP contribution in [0, 0.1) is 11.8 Å². The highest BCUT2D eigenvalue weighted by molar-refractivity contribution is 5.63. The topological polar surface area (TPSA) is 32.6 Å². The zero-order chi connectivity index (χ0) is 5.28. The molecule has 1 N–H and O–H groups in total. The highest BCUT2D eigenvalue weighted by Crippen LogP contribution is 2.35. The van der Waals surface area contributed by atoms with Crippen molar-refractivity contribution < 1.29 is 5.21 Å². The van der Waals surface area contributed by atoms with Crippen LogP contribution in [0.15, 0.2) is 5.16 Å². The molecule has 7 heavy (non-hydrogen) atoms. The monoisotopic (exact) mass is 99.1 g/mol. The summed E-state index contributed by atoms with van der Waals surface area (Å²) < 4.78 is 0. The van der Waals surface area contributed by atoms with E-state index in [0.29, 0.717) is 5.92 Å². The second-order valence-corrected chi connectivity index (χ2v) is 2.14. The van der Waals surface area contributed by atoms with Gasteiger partial charge >= 0.3 is 0 Å². The van der Waals surface area contributed by atoms with E-state index in [1.807, 2.05) is 0 Å². The van der Waals surface area contributed by atoms with Crippen LogP contribution in [-0.2, 0) is 0 Å². The molecule has 0 aromatic rings. The van der Waals surface area contributed by atoms with Gasteiger partial charge in [0.2, 0.25) is 0 Å². The molecule has 2 nitrogen and oxygen atoms in total. The van der Waals surface area contributed by atoms with E-state index in [1.54, 1.807) is 6.21 Å². The first-order valence-corrected chi connectivity index (χ1v) is 2.52. The third-order valence-corrected chi connectivity index (χ3v) is 1.43. The van der Waals surface area contributed by atoms with Crippen molar-refractivity contribution in [2.24, 2.45) is 17.0 Å². The molecule has 0 saturated heterocycles. The maximum atomic E-state index is 7.96. The molecule has 2 atom stereocenters. The van der Waals surface area contributed by atoms with E-state index in [1.165, 1.54) is 6.42 Å². The summed E-state index contributed by atoms with van der Waals surface area (Å²) in [6, 6.07) is 0. The van der Waals surface area contributed by atoms with Crippen LogP contribution in [0.25, 0.3) is 0 Å². The molecule has 1 aliphatic carbocycles. The predicted octanol–water partition coefficient (Wildman–Crippen LogP) is 1.10. The number of nitrogens with zero attached hydrogens (tertiary/aromatic N) is 1. The van der Waals surface area contributed by atoms with E-state index in [0.717, 1.165) is 5.92 Å². The fourth-order valence-electron chi connectivity index (χ4n) is 0.644. The summed E-state index contributed by atoms with van der Waals surface area (Å²) >= 11 is 0. The fraction of sp³-hybridized carbons (Fsp3) is 0.800. The maximum absolute atomic E-state index is 7.96. The summed E-state index contributed by atoms with van der Waals surface area (Å²) in [7, 11) is 0. The number of hydrogen-bond acceptors (Lipinski definition) is 2. The lowest BCUT2D eigenvalue weighted by atomic mass is 10.4. The third-order valence-electron chi connectivity index (χ3n) is 1.43. The van der Waals surface area contributed by atoms with E-state index < -0.39 is 0 Å². The lowest BCUT2D eigenvalue weighted by molar-refractivity contribution is 0.320. The van der Waals surface area contributed by atoms with Crippen LogP contribution in [0.1, 0.15) is 13.3 Å². The van der Waals surface area contributed by atoms with Crippen LogP contribution in [0.5, 0.6) is 0 Å². The highest BCUT2D eigenvalue weighted by atomic mass is 16.4. The average Bonchev–Trinajstić information content (AvgIpc) is 2.22. The van der Waals surface area contributed by atoms with Crippen molar-refractivity contribution in [3.63, 3.8) is 0 Å². The van der Waals surface area contributed by atoms with E-state index in [-0.39, 0.29) is 0 Å². The van der Waals surface area contributed by atoms with Crippen LogP contribution in [0.4, 0.5) is 0 Å². The molecule has 1 rings (SSSR count). The average molecular weight is 99.1 g/mol. The molecule has 1 fully saturated rings. The predicted molar refractivity (Wildman–Crippen MR) is 27.5 cm³/mol. The van der Waals surface area contributed by atoms with Gasteiger partial charge in [0.1, 0.15) is 0 Å². The van der Waals surface area contributed by atoms with Gasteiger partial charge < -0.3 is 5.21 Å². The standard InChI is InChI=1S/C5H9NO/c1-4-2-5(4)3-6-7/h3-5,7H,2H2,1H3/b6-3-/t4-,5?/m1/s1. The second kappa shape index (κ2) is 1.52. The van der Waals surface area contributed by atoms with Crippen molar-refractivity contribution in [3.8, 4) is 0 Å². The molecule has 0 amide bonds. The van der Waals surface area contributed by atoms with Gasteiger partial charge in [0.15, 0.2) is 0 Å². The molecule has 0 spiro atoms. The summed E-state index contributed by atoms with van der Waals surface area (Å²) in [5.41, 5.74) is 0. The van der Waals surface area contributed by atoms with E-state index >= 15 is 0 Å². The van der Waals surface area contributed by atoms with Crippen molar-refractivity contribution in [3.05, 3.63) is 0 Å². The first-order chi connectivity index (χ1) is 3.34. The minimum atomic E-state index is 0.574. The summed E-state index contributed by atoms with van der Waals surface area (Å²) in [6.07, 6.45) is 2.80.